The summed E-state index contributed by atoms with van der Waals surface area (Å²) in [6.45, 7) is 1.20. The molecule has 0 aliphatic carbocycles. The number of methoxy groups -OCH3 is 1. The molecule has 0 saturated heterocycles. The molecule has 2 N–H and O–H groups in total. The first-order valence-electron chi connectivity index (χ1n) is 8.49. The summed E-state index contributed by atoms with van der Waals surface area (Å²) in [5.41, 5.74) is 1.61. The molecule has 0 aliphatic rings. The van der Waals surface area contributed by atoms with Gasteiger partial charge in [0.1, 0.15) is 12.4 Å². The van der Waals surface area contributed by atoms with E-state index in [9.17, 15) is 4.79 Å². The van der Waals surface area contributed by atoms with E-state index in [0.717, 1.165) is 27.9 Å². The van der Waals surface area contributed by atoms with Crippen LogP contribution in [-0.2, 0) is 9.53 Å². The van der Waals surface area contributed by atoms with E-state index in [0.29, 0.717) is 13.2 Å². The van der Waals surface area contributed by atoms with Crippen LogP contribution in [-0.4, -0.2) is 32.8 Å². The Hall–Kier alpha value is -3.05. The molecule has 1 amide bonds. The third kappa shape index (κ3) is 4.97. The molecule has 134 valence electrons. The second-order valence-corrected chi connectivity index (χ2v) is 5.83. The van der Waals surface area contributed by atoms with E-state index >= 15 is 0 Å². The number of anilines is 2. The molecule has 0 radical (unpaired) electrons. The van der Waals surface area contributed by atoms with Gasteiger partial charge in [-0.25, -0.2) is 0 Å². The van der Waals surface area contributed by atoms with Crippen LogP contribution in [0, 0.1) is 0 Å². The van der Waals surface area contributed by atoms with Gasteiger partial charge in [0.15, 0.2) is 0 Å². The molecule has 5 nitrogen and oxygen atoms in total. The van der Waals surface area contributed by atoms with Gasteiger partial charge in [0.2, 0.25) is 5.91 Å². The van der Waals surface area contributed by atoms with E-state index in [4.69, 9.17) is 9.47 Å². The third-order valence-electron chi connectivity index (χ3n) is 3.88. The first-order chi connectivity index (χ1) is 12.7. The van der Waals surface area contributed by atoms with Gasteiger partial charge >= 0.3 is 0 Å². The van der Waals surface area contributed by atoms with E-state index in [1.54, 1.807) is 7.11 Å². The Bertz CT molecular complexity index is 880. The van der Waals surface area contributed by atoms with Gasteiger partial charge < -0.3 is 20.1 Å². The second kappa shape index (κ2) is 8.87. The van der Waals surface area contributed by atoms with Gasteiger partial charge in [-0.2, -0.15) is 0 Å². The fourth-order valence-corrected chi connectivity index (χ4v) is 2.59. The lowest BCUT2D eigenvalue weighted by Gasteiger charge is -2.10. The number of rotatable bonds is 8. The molecule has 0 saturated carbocycles. The largest absolute Gasteiger partial charge is 0.491 e. The van der Waals surface area contributed by atoms with Crippen molar-refractivity contribution < 1.29 is 14.3 Å². The number of amides is 1. The van der Waals surface area contributed by atoms with Crippen LogP contribution in [0.4, 0.5) is 11.4 Å². The Labute approximate surface area is 152 Å². The predicted octanol–water partition coefficient (Wildman–Crippen LogP) is 3.92. The van der Waals surface area contributed by atoms with Crippen LogP contribution in [0.15, 0.2) is 66.7 Å². The monoisotopic (exact) mass is 350 g/mol. The van der Waals surface area contributed by atoms with Crippen molar-refractivity contribution in [2.75, 3.05) is 37.5 Å². The molecule has 0 heterocycles. The van der Waals surface area contributed by atoms with Crippen LogP contribution in [0.1, 0.15) is 0 Å². The van der Waals surface area contributed by atoms with E-state index in [2.05, 4.69) is 10.6 Å². The van der Waals surface area contributed by atoms with Crippen molar-refractivity contribution in [1.29, 1.82) is 0 Å². The predicted molar refractivity (Wildman–Crippen MR) is 105 cm³/mol. The van der Waals surface area contributed by atoms with E-state index in [1.807, 2.05) is 66.7 Å². The van der Waals surface area contributed by atoms with Crippen molar-refractivity contribution in [1.82, 2.24) is 0 Å². The highest BCUT2D eigenvalue weighted by Crippen LogP contribution is 2.19. The Kier molecular flexibility index (Phi) is 6.06. The molecule has 3 aromatic rings. The molecule has 26 heavy (non-hydrogen) atoms. The summed E-state index contributed by atoms with van der Waals surface area (Å²) in [5.74, 6) is 0.632. The molecular formula is C21H22N2O3. The number of benzene rings is 3. The summed E-state index contributed by atoms with van der Waals surface area (Å²) in [6, 6.07) is 21.4. The molecule has 0 fully saturated rings. The Morgan fingerprint density at radius 1 is 0.885 bits per heavy atom. The first-order valence-corrected chi connectivity index (χ1v) is 8.49. The van der Waals surface area contributed by atoms with Crippen molar-refractivity contribution in [3.05, 3.63) is 66.7 Å². The molecule has 0 spiro atoms. The maximum atomic E-state index is 12.2. The van der Waals surface area contributed by atoms with Crippen molar-refractivity contribution in [2.24, 2.45) is 0 Å². The van der Waals surface area contributed by atoms with Crippen LogP contribution < -0.4 is 15.4 Å². The third-order valence-corrected chi connectivity index (χ3v) is 3.88. The van der Waals surface area contributed by atoms with Gasteiger partial charge in [-0.05, 0) is 35.0 Å². The number of carbonyl (C=O) groups is 1. The topological polar surface area (TPSA) is 59.6 Å². The number of ether oxygens (including phenoxy) is 2. The standard InChI is InChI=1S/C21H22N2O3/c1-25-11-12-26-20-8-4-7-18(14-20)22-15-21(24)23-19-10-9-16-5-2-3-6-17(16)13-19/h2-10,13-14,22H,11-12,15H2,1H3,(H,23,24). The Morgan fingerprint density at radius 3 is 2.58 bits per heavy atom. The molecule has 0 atom stereocenters. The number of hydrogen-bond donors (Lipinski definition) is 2. The minimum atomic E-state index is -0.106. The van der Waals surface area contributed by atoms with E-state index in [-0.39, 0.29) is 12.5 Å². The highest BCUT2D eigenvalue weighted by atomic mass is 16.5. The average molecular weight is 350 g/mol. The molecule has 3 aromatic carbocycles. The number of fused-ring (bicyclic) bond motifs is 1. The van der Waals surface area contributed by atoms with E-state index < -0.39 is 0 Å². The minimum absolute atomic E-state index is 0.106. The summed E-state index contributed by atoms with van der Waals surface area (Å²) < 4.78 is 10.5. The second-order valence-electron chi connectivity index (χ2n) is 5.83. The van der Waals surface area contributed by atoms with E-state index in [1.165, 1.54) is 0 Å². The molecule has 0 bridgehead atoms. The summed E-state index contributed by atoms with van der Waals surface area (Å²) in [7, 11) is 1.63. The molecule has 0 aromatic heterocycles. The van der Waals surface area contributed by atoms with Crippen LogP contribution in [0.25, 0.3) is 10.8 Å². The zero-order valence-corrected chi connectivity index (χ0v) is 14.7. The fourth-order valence-electron chi connectivity index (χ4n) is 2.59. The zero-order chi connectivity index (χ0) is 18.2. The van der Waals surface area contributed by atoms with Crippen molar-refractivity contribution in [3.63, 3.8) is 0 Å². The molecule has 3 rings (SSSR count). The lowest BCUT2D eigenvalue weighted by molar-refractivity contribution is -0.114. The van der Waals surface area contributed by atoms with Gasteiger partial charge in [0.05, 0.1) is 13.2 Å². The number of hydrogen-bond acceptors (Lipinski definition) is 4. The van der Waals surface area contributed by atoms with Gasteiger partial charge in [0.25, 0.3) is 0 Å². The van der Waals surface area contributed by atoms with Gasteiger partial charge in [-0.3, -0.25) is 4.79 Å². The van der Waals surface area contributed by atoms with Crippen molar-refractivity contribution >= 4 is 28.1 Å². The summed E-state index contributed by atoms with van der Waals surface area (Å²) in [4.78, 5) is 12.2. The van der Waals surface area contributed by atoms with Crippen LogP contribution in [0.3, 0.4) is 0 Å². The smallest absolute Gasteiger partial charge is 0.243 e. The SMILES string of the molecule is COCCOc1cccc(NCC(=O)Nc2ccc3ccccc3c2)c1. The highest BCUT2D eigenvalue weighted by Gasteiger charge is 2.04. The minimum Gasteiger partial charge on any atom is -0.491 e. The van der Waals surface area contributed by atoms with Crippen LogP contribution in [0.5, 0.6) is 5.75 Å². The molecule has 0 aliphatic heterocycles. The van der Waals surface area contributed by atoms with Gasteiger partial charge in [-0.1, -0.05) is 36.4 Å². The average Bonchev–Trinajstić information content (AvgIpc) is 2.67. The van der Waals surface area contributed by atoms with Gasteiger partial charge in [0, 0.05) is 24.6 Å². The maximum absolute atomic E-state index is 12.2. The van der Waals surface area contributed by atoms with Crippen LogP contribution in [0.2, 0.25) is 0 Å². The molecule has 0 unspecified atom stereocenters. The summed E-state index contributed by atoms with van der Waals surface area (Å²) >= 11 is 0. The van der Waals surface area contributed by atoms with Crippen molar-refractivity contribution in [3.8, 4) is 5.75 Å². The first kappa shape index (κ1) is 17.8. The highest BCUT2D eigenvalue weighted by molar-refractivity contribution is 5.96. The molecular weight excluding hydrogens is 328 g/mol. The van der Waals surface area contributed by atoms with Gasteiger partial charge in [-0.15, -0.1) is 0 Å². The Balaban J connectivity index is 1.54. The number of nitrogens with one attached hydrogen (secondary N) is 2. The Morgan fingerprint density at radius 2 is 1.73 bits per heavy atom. The maximum Gasteiger partial charge on any atom is 0.243 e. The summed E-state index contributed by atoms with van der Waals surface area (Å²) in [6.07, 6.45) is 0. The zero-order valence-electron chi connectivity index (χ0n) is 14.7. The number of carbonyl (C=O) groups excluding carboxylic acids is 1. The lowest BCUT2D eigenvalue weighted by Crippen LogP contribution is -2.21. The molecule has 5 heteroatoms. The fraction of sp³-hybridized carbons (Fsp3) is 0.190. The van der Waals surface area contributed by atoms with Crippen molar-refractivity contribution in [2.45, 2.75) is 0 Å². The van der Waals surface area contributed by atoms with Crippen LogP contribution >= 0.6 is 0 Å². The normalized spacial score (nSPS) is 10.5. The summed E-state index contributed by atoms with van der Waals surface area (Å²) in [5, 5.41) is 8.26. The lowest BCUT2D eigenvalue weighted by atomic mass is 10.1. The quantitative estimate of drug-likeness (QED) is 0.605.